The number of amides is 1. The van der Waals surface area contributed by atoms with E-state index in [4.69, 9.17) is 10.5 Å². The van der Waals surface area contributed by atoms with Gasteiger partial charge in [-0.15, -0.1) is 0 Å². The number of aliphatic hydroxyl groups is 1. The van der Waals surface area contributed by atoms with Gasteiger partial charge in [0.2, 0.25) is 0 Å². The van der Waals surface area contributed by atoms with Crippen molar-refractivity contribution in [3.63, 3.8) is 0 Å². The molecule has 4 N–H and O–H groups in total. The van der Waals surface area contributed by atoms with Crippen LogP contribution in [-0.4, -0.2) is 36.3 Å². The maximum atomic E-state index is 12.2. The molecule has 0 aromatic heterocycles. The molecule has 0 radical (unpaired) electrons. The standard InChI is InChI=1S/C28H34N2O3/c1-20-10-9-11-21(2)28(20)33-19-27(32)30-18-24(31)17-26(29)25(23-14-7-4-8-15-23)16-22-12-5-3-6-13-22/h3-15,24-26,31H,16-19,29H2,1-2H3,(H,30,32). The number of hydrogen-bond donors (Lipinski definition) is 3. The molecule has 0 aliphatic carbocycles. The van der Waals surface area contributed by atoms with Crippen molar-refractivity contribution in [3.05, 3.63) is 101 Å². The van der Waals surface area contributed by atoms with Gasteiger partial charge in [-0.05, 0) is 48.9 Å². The van der Waals surface area contributed by atoms with Gasteiger partial charge in [-0.25, -0.2) is 0 Å². The van der Waals surface area contributed by atoms with Gasteiger partial charge in [0.25, 0.3) is 5.91 Å². The number of benzene rings is 3. The predicted molar refractivity (Wildman–Crippen MR) is 132 cm³/mol. The number of carbonyl (C=O) groups is 1. The number of hydrogen-bond acceptors (Lipinski definition) is 4. The second-order valence-corrected chi connectivity index (χ2v) is 8.57. The molecule has 0 saturated carbocycles. The van der Waals surface area contributed by atoms with E-state index in [1.165, 1.54) is 5.56 Å². The van der Waals surface area contributed by atoms with Crippen molar-refractivity contribution in [2.45, 2.75) is 44.8 Å². The minimum Gasteiger partial charge on any atom is -0.483 e. The molecular formula is C28H34N2O3. The molecule has 0 spiro atoms. The summed E-state index contributed by atoms with van der Waals surface area (Å²) in [5, 5.41) is 13.3. The van der Waals surface area contributed by atoms with Crippen molar-refractivity contribution in [1.82, 2.24) is 5.32 Å². The lowest BCUT2D eigenvalue weighted by Gasteiger charge is -2.27. The van der Waals surface area contributed by atoms with Gasteiger partial charge < -0.3 is 20.9 Å². The second-order valence-electron chi connectivity index (χ2n) is 8.57. The average Bonchev–Trinajstić information content (AvgIpc) is 2.82. The minimum absolute atomic E-state index is 0.0614. The lowest BCUT2D eigenvalue weighted by molar-refractivity contribution is -0.123. The van der Waals surface area contributed by atoms with Crippen LogP contribution in [0.3, 0.4) is 0 Å². The first-order chi connectivity index (χ1) is 15.9. The number of aliphatic hydroxyl groups excluding tert-OH is 1. The molecule has 5 heteroatoms. The molecule has 0 aliphatic rings. The molecular weight excluding hydrogens is 412 g/mol. The Morgan fingerprint density at radius 2 is 1.55 bits per heavy atom. The van der Waals surface area contributed by atoms with Crippen molar-refractivity contribution in [1.29, 1.82) is 0 Å². The molecule has 0 fully saturated rings. The number of nitrogens with one attached hydrogen (secondary N) is 1. The molecule has 174 valence electrons. The monoisotopic (exact) mass is 446 g/mol. The maximum Gasteiger partial charge on any atom is 0.258 e. The number of aryl methyl sites for hydroxylation is 2. The molecule has 3 atom stereocenters. The van der Waals surface area contributed by atoms with Gasteiger partial charge in [-0.2, -0.15) is 0 Å². The van der Waals surface area contributed by atoms with E-state index in [9.17, 15) is 9.90 Å². The average molecular weight is 447 g/mol. The van der Waals surface area contributed by atoms with E-state index >= 15 is 0 Å². The molecule has 3 aromatic carbocycles. The van der Waals surface area contributed by atoms with Gasteiger partial charge in [0.05, 0.1) is 6.10 Å². The summed E-state index contributed by atoms with van der Waals surface area (Å²) in [5.41, 5.74) is 10.9. The SMILES string of the molecule is Cc1cccc(C)c1OCC(=O)NCC(O)CC(N)C(Cc1ccccc1)c1ccccc1. The van der Waals surface area contributed by atoms with Crippen LogP contribution in [0, 0.1) is 13.8 Å². The highest BCUT2D eigenvalue weighted by molar-refractivity contribution is 5.77. The highest BCUT2D eigenvalue weighted by Gasteiger charge is 2.23. The number of para-hydroxylation sites is 1. The van der Waals surface area contributed by atoms with Gasteiger partial charge in [0.15, 0.2) is 6.61 Å². The van der Waals surface area contributed by atoms with E-state index < -0.39 is 6.10 Å². The third-order valence-corrected chi connectivity index (χ3v) is 5.88. The first-order valence-electron chi connectivity index (χ1n) is 11.4. The fourth-order valence-corrected chi connectivity index (χ4v) is 4.09. The molecule has 0 saturated heterocycles. The smallest absolute Gasteiger partial charge is 0.258 e. The molecule has 0 aliphatic heterocycles. The van der Waals surface area contributed by atoms with Gasteiger partial charge in [0, 0.05) is 18.5 Å². The molecule has 3 unspecified atom stereocenters. The Balaban J connectivity index is 1.53. The summed E-state index contributed by atoms with van der Waals surface area (Å²) in [4.78, 5) is 12.2. The fourth-order valence-electron chi connectivity index (χ4n) is 4.09. The van der Waals surface area contributed by atoms with Gasteiger partial charge in [0.1, 0.15) is 5.75 Å². The number of ether oxygens (including phenoxy) is 1. The van der Waals surface area contributed by atoms with Crippen LogP contribution in [0.25, 0.3) is 0 Å². The first kappa shape index (κ1) is 24.5. The lowest BCUT2D eigenvalue weighted by Crippen LogP contribution is -2.40. The summed E-state index contributed by atoms with van der Waals surface area (Å²) >= 11 is 0. The van der Waals surface area contributed by atoms with Crippen LogP contribution in [0.4, 0.5) is 0 Å². The quantitative estimate of drug-likeness (QED) is 0.417. The summed E-state index contributed by atoms with van der Waals surface area (Å²) in [6, 6.07) is 26.0. The Morgan fingerprint density at radius 3 is 2.18 bits per heavy atom. The maximum absolute atomic E-state index is 12.2. The summed E-state index contributed by atoms with van der Waals surface area (Å²) in [5.74, 6) is 0.516. The third-order valence-electron chi connectivity index (χ3n) is 5.88. The van der Waals surface area contributed by atoms with Crippen LogP contribution >= 0.6 is 0 Å². The summed E-state index contributed by atoms with van der Waals surface area (Å²) in [7, 11) is 0. The van der Waals surface area contributed by atoms with Crippen molar-refractivity contribution < 1.29 is 14.6 Å². The van der Waals surface area contributed by atoms with E-state index in [2.05, 4.69) is 29.6 Å². The Hall–Kier alpha value is -3.15. The molecule has 0 bridgehead atoms. The molecule has 3 rings (SSSR count). The van der Waals surface area contributed by atoms with Crippen LogP contribution < -0.4 is 15.8 Å². The van der Waals surface area contributed by atoms with Crippen LogP contribution in [0.1, 0.15) is 34.6 Å². The van der Waals surface area contributed by atoms with E-state index in [-0.39, 0.29) is 31.0 Å². The normalized spacial score (nSPS) is 13.7. The van der Waals surface area contributed by atoms with E-state index in [0.717, 1.165) is 28.9 Å². The number of nitrogens with two attached hydrogens (primary N) is 1. The minimum atomic E-state index is -0.744. The first-order valence-corrected chi connectivity index (χ1v) is 11.4. The van der Waals surface area contributed by atoms with E-state index in [0.29, 0.717) is 6.42 Å². The number of carbonyl (C=O) groups excluding carboxylic acids is 1. The third kappa shape index (κ3) is 7.45. The van der Waals surface area contributed by atoms with E-state index in [1.807, 2.05) is 68.4 Å². The largest absolute Gasteiger partial charge is 0.483 e. The summed E-state index contributed by atoms with van der Waals surface area (Å²) in [6.07, 6.45) is 0.422. The predicted octanol–water partition coefficient (Wildman–Crippen LogP) is 3.90. The van der Waals surface area contributed by atoms with Gasteiger partial charge in [-0.3, -0.25) is 4.79 Å². The summed E-state index contributed by atoms with van der Waals surface area (Å²) < 4.78 is 5.69. The number of rotatable bonds is 11. The van der Waals surface area contributed by atoms with Crippen LogP contribution in [0.2, 0.25) is 0 Å². The van der Waals surface area contributed by atoms with Crippen molar-refractivity contribution in [2.75, 3.05) is 13.2 Å². The van der Waals surface area contributed by atoms with Crippen molar-refractivity contribution in [3.8, 4) is 5.75 Å². The zero-order valence-electron chi connectivity index (χ0n) is 19.4. The van der Waals surface area contributed by atoms with Crippen LogP contribution in [0.15, 0.2) is 78.9 Å². The van der Waals surface area contributed by atoms with Gasteiger partial charge in [-0.1, -0.05) is 78.9 Å². The summed E-state index contributed by atoms with van der Waals surface area (Å²) in [6.45, 7) is 3.94. The Labute approximate surface area is 196 Å². The highest BCUT2D eigenvalue weighted by Crippen LogP contribution is 2.26. The zero-order chi connectivity index (χ0) is 23.6. The second kappa shape index (κ2) is 12.2. The Bertz CT molecular complexity index is 988. The lowest BCUT2D eigenvalue weighted by atomic mass is 9.84. The molecule has 0 heterocycles. The van der Waals surface area contributed by atoms with E-state index in [1.54, 1.807) is 0 Å². The van der Waals surface area contributed by atoms with Crippen LogP contribution in [0.5, 0.6) is 5.75 Å². The highest BCUT2D eigenvalue weighted by atomic mass is 16.5. The Kier molecular flexibility index (Phi) is 9.04. The fraction of sp³-hybridized carbons (Fsp3) is 0.321. The zero-order valence-corrected chi connectivity index (χ0v) is 19.4. The molecule has 5 nitrogen and oxygen atoms in total. The molecule has 1 amide bonds. The van der Waals surface area contributed by atoms with Crippen molar-refractivity contribution in [2.24, 2.45) is 5.73 Å². The van der Waals surface area contributed by atoms with Crippen molar-refractivity contribution >= 4 is 5.91 Å². The van der Waals surface area contributed by atoms with Crippen LogP contribution in [-0.2, 0) is 11.2 Å². The molecule has 33 heavy (non-hydrogen) atoms. The van der Waals surface area contributed by atoms with Gasteiger partial charge >= 0.3 is 0 Å². The molecule has 3 aromatic rings. The Morgan fingerprint density at radius 1 is 0.939 bits per heavy atom. The topological polar surface area (TPSA) is 84.6 Å².